The number of benzene rings is 2. The molecular formula is C17H18BrClO. The van der Waals surface area contributed by atoms with E-state index in [1.807, 2.05) is 24.3 Å². The lowest BCUT2D eigenvalue weighted by atomic mass is 10.0. The van der Waals surface area contributed by atoms with Crippen LogP contribution in [0.15, 0.2) is 53.0 Å². The maximum atomic E-state index is 6.44. The number of hydrogen-bond acceptors (Lipinski definition) is 1. The number of methoxy groups -OCH3 is 1. The van der Waals surface area contributed by atoms with Gasteiger partial charge in [-0.3, -0.25) is 0 Å². The number of ether oxygens (including phenoxy) is 1. The van der Waals surface area contributed by atoms with E-state index < -0.39 is 0 Å². The Labute approximate surface area is 134 Å². The van der Waals surface area contributed by atoms with Crippen LogP contribution in [0.25, 0.3) is 0 Å². The molecule has 0 amide bonds. The molecule has 0 saturated heterocycles. The third kappa shape index (κ3) is 4.84. The quantitative estimate of drug-likeness (QED) is 0.645. The van der Waals surface area contributed by atoms with Gasteiger partial charge in [-0.05, 0) is 54.7 Å². The van der Waals surface area contributed by atoms with Gasteiger partial charge in [-0.15, -0.1) is 11.6 Å². The first-order chi connectivity index (χ1) is 9.67. The van der Waals surface area contributed by atoms with Crippen molar-refractivity contribution in [3.05, 3.63) is 64.1 Å². The van der Waals surface area contributed by atoms with Crippen molar-refractivity contribution in [2.45, 2.75) is 24.6 Å². The number of aryl methyl sites for hydroxylation is 1. The predicted molar refractivity (Wildman–Crippen MR) is 88.8 cm³/mol. The molecule has 0 bridgehead atoms. The van der Waals surface area contributed by atoms with Gasteiger partial charge in [0.1, 0.15) is 5.75 Å². The summed E-state index contributed by atoms with van der Waals surface area (Å²) in [5, 5.41) is 0.159. The maximum Gasteiger partial charge on any atom is 0.118 e. The van der Waals surface area contributed by atoms with Gasteiger partial charge in [0.05, 0.1) is 7.11 Å². The van der Waals surface area contributed by atoms with Crippen LogP contribution in [-0.2, 0) is 12.8 Å². The molecule has 2 rings (SSSR count). The SMILES string of the molecule is COc1ccc(CCC(Cl)Cc2cccc(Br)c2)cc1. The van der Waals surface area contributed by atoms with E-state index in [9.17, 15) is 0 Å². The minimum atomic E-state index is 0.159. The highest BCUT2D eigenvalue weighted by atomic mass is 79.9. The smallest absolute Gasteiger partial charge is 0.118 e. The summed E-state index contributed by atoms with van der Waals surface area (Å²) >= 11 is 9.92. The largest absolute Gasteiger partial charge is 0.497 e. The van der Waals surface area contributed by atoms with Gasteiger partial charge in [0.15, 0.2) is 0 Å². The number of halogens is 2. The lowest BCUT2D eigenvalue weighted by Gasteiger charge is -2.10. The lowest BCUT2D eigenvalue weighted by Crippen LogP contribution is -2.05. The number of alkyl halides is 1. The van der Waals surface area contributed by atoms with Crippen LogP contribution < -0.4 is 4.74 Å². The molecule has 0 radical (unpaired) electrons. The zero-order chi connectivity index (χ0) is 14.4. The van der Waals surface area contributed by atoms with Crippen LogP contribution >= 0.6 is 27.5 Å². The fraction of sp³-hybridized carbons (Fsp3) is 0.294. The highest BCUT2D eigenvalue weighted by molar-refractivity contribution is 9.10. The molecule has 1 unspecified atom stereocenters. The summed E-state index contributed by atoms with van der Waals surface area (Å²) < 4.78 is 6.26. The summed E-state index contributed by atoms with van der Waals surface area (Å²) in [7, 11) is 1.68. The van der Waals surface area contributed by atoms with Crippen molar-refractivity contribution < 1.29 is 4.74 Å². The fourth-order valence-corrected chi connectivity index (χ4v) is 2.87. The van der Waals surface area contributed by atoms with E-state index in [4.69, 9.17) is 16.3 Å². The average molecular weight is 354 g/mol. The summed E-state index contributed by atoms with van der Waals surface area (Å²) in [6, 6.07) is 16.5. The minimum Gasteiger partial charge on any atom is -0.497 e. The predicted octanol–water partition coefficient (Wildman–Crippen LogP) is 5.24. The Hall–Kier alpha value is -0.990. The summed E-state index contributed by atoms with van der Waals surface area (Å²) in [6.07, 6.45) is 2.86. The van der Waals surface area contributed by atoms with Crippen LogP contribution in [0.2, 0.25) is 0 Å². The second-order valence-corrected chi connectivity index (χ2v) is 6.35. The molecule has 2 aromatic rings. The number of rotatable bonds is 6. The van der Waals surface area contributed by atoms with Gasteiger partial charge in [0, 0.05) is 9.85 Å². The van der Waals surface area contributed by atoms with Crippen molar-refractivity contribution in [3.63, 3.8) is 0 Å². The van der Waals surface area contributed by atoms with Crippen molar-refractivity contribution in [1.29, 1.82) is 0 Å². The van der Waals surface area contributed by atoms with Gasteiger partial charge in [-0.25, -0.2) is 0 Å². The second-order valence-electron chi connectivity index (χ2n) is 4.82. The van der Waals surface area contributed by atoms with Gasteiger partial charge in [0.2, 0.25) is 0 Å². The van der Waals surface area contributed by atoms with E-state index in [1.54, 1.807) is 7.11 Å². The van der Waals surface area contributed by atoms with Gasteiger partial charge in [-0.1, -0.05) is 40.2 Å². The van der Waals surface area contributed by atoms with Crippen LogP contribution in [-0.4, -0.2) is 12.5 Å². The topological polar surface area (TPSA) is 9.23 Å². The molecule has 2 aromatic carbocycles. The second kappa shape index (κ2) is 7.70. The molecule has 0 aliphatic heterocycles. The monoisotopic (exact) mass is 352 g/mol. The first-order valence-electron chi connectivity index (χ1n) is 6.69. The van der Waals surface area contributed by atoms with Crippen molar-refractivity contribution in [1.82, 2.24) is 0 Å². The fourth-order valence-electron chi connectivity index (χ4n) is 2.14. The Balaban J connectivity index is 1.83. The van der Waals surface area contributed by atoms with Crippen LogP contribution in [0.1, 0.15) is 17.5 Å². The summed E-state index contributed by atoms with van der Waals surface area (Å²) in [5.41, 5.74) is 2.57. The maximum absolute atomic E-state index is 6.44. The van der Waals surface area contributed by atoms with Crippen LogP contribution in [0, 0.1) is 0 Å². The van der Waals surface area contributed by atoms with E-state index >= 15 is 0 Å². The first kappa shape index (κ1) is 15.4. The van der Waals surface area contributed by atoms with E-state index in [2.05, 4.69) is 40.2 Å². The highest BCUT2D eigenvalue weighted by Gasteiger charge is 2.07. The highest BCUT2D eigenvalue weighted by Crippen LogP contribution is 2.19. The Morgan fingerprint density at radius 1 is 1.10 bits per heavy atom. The Bertz CT molecular complexity index is 539. The zero-order valence-corrected chi connectivity index (χ0v) is 13.8. The third-order valence-corrected chi connectivity index (χ3v) is 4.12. The first-order valence-corrected chi connectivity index (χ1v) is 7.92. The molecule has 0 heterocycles. The molecule has 1 atom stereocenters. The summed E-state index contributed by atoms with van der Waals surface area (Å²) in [4.78, 5) is 0. The molecule has 0 aromatic heterocycles. The van der Waals surface area contributed by atoms with E-state index in [1.165, 1.54) is 11.1 Å². The van der Waals surface area contributed by atoms with Crippen LogP contribution in [0.3, 0.4) is 0 Å². The third-order valence-electron chi connectivity index (χ3n) is 3.25. The van der Waals surface area contributed by atoms with Gasteiger partial charge < -0.3 is 4.74 Å². The molecule has 0 saturated carbocycles. The molecule has 1 nitrogen and oxygen atoms in total. The van der Waals surface area contributed by atoms with E-state index in [0.29, 0.717) is 0 Å². The van der Waals surface area contributed by atoms with E-state index in [0.717, 1.165) is 29.5 Å². The molecule has 0 aliphatic carbocycles. The van der Waals surface area contributed by atoms with Crippen molar-refractivity contribution >= 4 is 27.5 Å². The van der Waals surface area contributed by atoms with Gasteiger partial charge in [-0.2, -0.15) is 0 Å². The molecular weight excluding hydrogens is 336 g/mol. The van der Waals surface area contributed by atoms with Crippen molar-refractivity contribution in [2.24, 2.45) is 0 Å². The molecule has 106 valence electrons. The van der Waals surface area contributed by atoms with Gasteiger partial charge >= 0.3 is 0 Å². The molecule has 20 heavy (non-hydrogen) atoms. The van der Waals surface area contributed by atoms with Crippen LogP contribution in [0.5, 0.6) is 5.75 Å². The average Bonchev–Trinajstić information content (AvgIpc) is 2.46. The van der Waals surface area contributed by atoms with E-state index in [-0.39, 0.29) is 5.38 Å². The normalized spacial score (nSPS) is 12.2. The Morgan fingerprint density at radius 2 is 1.85 bits per heavy atom. The van der Waals surface area contributed by atoms with Crippen molar-refractivity contribution in [2.75, 3.05) is 7.11 Å². The Kier molecular flexibility index (Phi) is 5.93. The summed E-state index contributed by atoms with van der Waals surface area (Å²) in [5.74, 6) is 0.894. The van der Waals surface area contributed by atoms with Crippen molar-refractivity contribution in [3.8, 4) is 5.75 Å². The molecule has 0 N–H and O–H groups in total. The molecule has 0 fully saturated rings. The van der Waals surface area contributed by atoms with Gasteiger partial charge in [0.25, 0.3) is 0 Å². The zero-order valence-electron chi connectivity index (χ0n) is 11.5. The Morgan fingerprint density at radius 3 is 2.50 bits per heavy atom. The molecule has 0 spiro atoms. The number of hydrogen-bond donors (Lipinski definition) is 0. The molecule has 3 heteroatoms. The van der Waals surface area contributed by atoms with Crippen LogP contribution in [0.4, 0.5) is 0 Å². The molecule has 0 aliphatic rings. The standard InChI is InChI=1S/C17H18BrClO/c1-20-17-9-6-13(7-10-17)5-8-16(19)12-14-3-2-4-15(18)11-14/h2-4,6-7,9-11,16H,5,8,12H2,1H3. The summed E-state index contributed by atoms with van der Waals surface area (Å²) in [6.45, 7) is 0. The lowest BCUT2D eigenvalue weighted by molar-refractivity contribution is 0.414. The minimum absolute atomic E-state index is 0.159.